The highest BCUT2D eigenvalue weighted by atomic mass is 19.4. The molecule has 1 aliphatic heterocycles. The Hall–Kier alpha value is -2.97. The van der Waals surface area contributed by atoms with Crippen LogP contribution in [0, 0.1) is 0 Å². The van der Waals surface area contributed by atoms with Crippen molar-refractivity contribution in [2.45, 2.75) is 18.2 Å². The Labute approximate surface area is 178 Å². The highest BCUT2D eigenvalue weighted by molar-refractivity contribution is 5.65. The van der Waals surface area contributed by atoms with Gasteiger partial charge >= 0.3 is 6.18 Å². The average molecular weight is 429 g/mol. The Morgan fingerprint density at radius 1 is 1.06 bits per heavy atom. The maximum absolute atomic E-state index is 13.3. The van der Waals surface area contributed by atoms with Gasteiger partial charge in [-0.05, 0) is 42.0 Å². The molecule has 0 bridgehead atoms. The van der Waals surface area contributed by atoms with Crippen molar-refractivity contribution in [1.29, 1.82) is 0 Å². The van der Waals surface area contributed by atoms with E-state index in [1.807, 2.05) is 18.2 Å². The molecule has 2 aromatic heterocycles. The summed E-state index contributed by atoms with van der Waals surface area (Å²) in [6.45, 7) is 1.85. The summed E-state index contributed by atoms with van der Waals surface area (Å²) in [6.07, 6.45) is -0.515. The molecule has 0 spiro atoms. The lowest BCUT2D eigenvalue weighted by atomic mass is 9.95. The maximum Gasteiger partial charge on any atom is 0.416 e. The first-order valence-electron chi connectivity index (χ1n) is 9.95. The van der Waals surface area contributed by atoms with Gasteiger partial charge in [0.1, 0.15) is 18.5 Å². The summed E-state index contributed by atoms with van der Waals surface area (Å²) in [6, 6.07) is 12.7. The molecule has 0 amide bonds. The van der Waals surface area contributed by atoms with Gasteiger partial charge in [-0.15, -0.1) is 0 Å². The third kappa shape index (κ3) is 5.39. The first kappa shape index (κ1) is 21.3. The van der Waals surface area contributed by atoms with E-state index < -0.39 is 17.8 Å². The van der Waals surface area contributed by atoms with Gasteiger partial charge < -0.3 is 9.84 Å². The minimum atomic E-state index is -4.51. The van der Waals surface area contributed by atoms with Crippen molar-refractivity contribution >= 4 is 0 Å². The molecule has 1 unspecified atom stereocenters. The van der Waals surface area contributed by atoms with Crippen LogP contribution in [-0.2, 0) is 6.18 Å². The molecular weight excluding hydrogens is 407 g/mol. The van der Waals surface area contributed by atoms with E-state index in [9.17, 15) is 18.3 Å². The minimum Gasteiger partial charge on any atom is -0.491 e. The third-order valence-electron chi connectivity index (χ3n) is 5.20. The number of aliphatic hydroxyl groups excluding tert-OH is 1. The molecule has 3 aromatic rings. The predicted molar refractivity (Wildman–Crippen MR) is 110 cm³/mol. The summed E-state index contributed by atoms with van der Waals surface area (Å²) >= 11 is 0. The zero-order valence-corrected chi connectivity index (χ0v) is 16.7. The maximum atomic E-state index is 13.3. The Balaban J connectivity index is 1.36. The van der Waals surface area contributed by atoms with Crippen molar-refractivity contribution in [1.82, 2.24) is 14.9 Å². The Morgan fingerprint density at radius 2 is 1.90 bits per heavy atom. The van der Waals surface area contributed by atoms with Crippen molar-refractivity contribution in [3.05, 3.63) is 78.4 Å². The molecule has 1 aromatic carbocycles. The number of β-amino-alcohol motifs (C(OH)–C–C–N with tert-alkyl or cyclic N) is 1. The number of alkyl halides is 3. The number of pyridine rings is 2. The summed E-state index contributed by atoms with van der Waals surface area (Å²) in [5, 5.41) is 10.3. The number of benzene rings is 1. The fourth-order valence-corrected chi connectivity index (χ4v) is 3.61. The summed E-state index contributed by atoms with van der Waals surface area (Å²) in [5.41, 5.74) is 1.13. The number of aliphatic hydroxyl groups is 1. The number of rotatable bonds is 7. The summed E-state index contributed by atoms with van der Waals surface area (Å²) in [4.78, 5) is 10.4. The Kier molecular flexibility index (Phi) is 6.20. The molecule has 8 heteroatoms. The second kappa shape index (κ2) is 9.03. The van der Waals surface area contributed by atoms with E-state index in [0.717, 1.165) is 30.9 Å². The van der Waals surface area contributed by atoms with Gasteiger partial charge in [0.25, 0.3) is 0 Å². The van der Waals surface area contributed by atoms with E-state index in [2.05, 4.69) is 14.9 Å². The molecular formula is C23H22F3N3O2. The first-order chi connectivity index (χ1) is 14.9. The summed E-state index contributed by atoms with van der Waals surface area (Å²) < 4.78 is 45.5. The fraction of sp³-hybridized carbons (Fsp3) is 0.304. The van der Waals surface area contributed by atoms with Crippen molar-refractivity contribution in [2.24, 2.45) is 0 Å². The Bertz CT molecular complexity index is 994. The van der Waals surface area contributed by atoms with Crippen LogP contribution >= 0.6 is 0 Å². The number of aromatic nitrogens is 2. The molecule has 0 saturated carbocycles. The van der Waals surface area contributed by atoms with Gasteiger partial charge in [-0.3, -0.25) is 14.9 Å². The quantitative estimate of drug-likeness (QED) is 0.615. The van der Waals surface area contributed by atoms with Gasteiger partial charge in [-0.2, -0.15) is 13.2 Å². The van der Waals surface area contributed by atoms with Crippen molar-refractivity contribution in [3.8, 4) is 16.9 Å². The molecule has 1 atom stereocenters. The average Bonchev–Trinajstić information content (AvgIpc) is 2.75. The van der Waals surface area contributed by atoms with Crippen LogP contribution in [0.3, 0.4) is 0 Å². The van der Waals surface area contributed by atoms with E-state index in [1.165, 1.54) is 12.3 Å². The van der Waals surface area contributed by atoms with Crippen LogP contribution in [0.1, 0.15) is 17.2 Å². The van der Waals surface area contributed by atoms with Crippen LogP contribution in [-0.4, -0.2) is 52.3 Å². The highest BCUT2D eigenvalue weighted by Crippen LogP contribution is 2.35. The van der Waals surface area contributed by atoms with Crippen LogP contribution in [0.2, 0.25) is 0 Å². The molecule has 162 valence electrons. The van der Waals surface area contributed by atoms with Gasteiger partial charge in [0.2, 0.25) is 0 Å². The largest absolute Gasteiger partial charge is 0.491 e. The lowest BCUT2D eigenvalue weighted by Crippen LogP contribution is -2.49. The smallest absolute Gasteiger partial charge is 0.416 e. The van der Waals surface area contributed by atoms with Crippen molar-refractivity contribution in [3.63, 3.8) is 0 Å². The van der Waals surface area contributed by atoms with Gasteiger partial charge in [0, 0.05) is 55.4 Å². The topological polar surface area (TPSA) is 58.5 Å². The van der Waals surface area contributed by atoms with Crippen LogP contribution in [0.5, 0.6) is 5.75 Å². The number of ether oxygens (including phenoxy) is 1. The fourth-order valence-electron chi connectivity index (χ4n) is 3.61. The molecule has 0 aliphatic carbocycles. The normalized spacial score (nSPS) is 16.0. The van der Waals surface area contributed by atoms with Gasteiger partial charge in [0.15, 0.2) is 0 Å². The first-order valence-corrected chi connectivity index (χ1v) is 9.95. The number of nitrogens with zero attached hydrogens (tertiary/aromatic N) is 3. The van der Waals surface area contributed by atoms with E-state index in [4.69, 9.17) is 4.74 Å². The third-order valence-corrected chi connectivity index (χ3v) is 5.20. The zero-order valence-electron chi connectivity index (χ0n) is 16.7. The van der Waals surface area contributed by atoms with E-state index in [0.29, 0.717) is 23.6 Å². The van der Waals surface area contributed by atoms with Crippen LogP contribution in [0.4, 0.5) is 13.2 Å². The molecule has 3 heterocycles. The lowest BCUT2D eigenvalue weighted by molar-refractivity contribution is -0.137. The predicted octanol–water partition coefficient (Wildman–Crippen LogP) is 4.00. The highest BCUT2D eigenvalue weighted by Gasteiger charge is 2.32. The molecule has 5 nitrogen and oxygen atoms in total. The number of hydrogen-bond acceptors (Lipinski definition) is 5. The number of likely N-dealkylation sites (tertiary alicyclic amines) is 1. The molecule has 4 rings (SSSR count). The van der Waals surface area contributed by atoms with Gasteiger partial charge in [0.05, 0.1) is 5.56 Å². The van der Waals surface area contributed by atoms with E-state index in [1.54, 1.807) is 24.5 Å². The summed E-state index contributed by atoms with van der Waals surface area (Å²) in [7, 11) is 0. The van der Waals surface area contributed by atoms with Crippen molar-refractivity contribution < 1.29 is 23.0 Å². The monoisotopic (exact) mass is 429 g/mol. The van der Waals surface area contributed by atoms with E-state index >= 15 is 0 Å². The second-order valence-corrected chi connectivity index (χ2v) is 7.62. The van der Waals surface area contributed by atoms with Crippen LogP contribution in [0.15, 0.2) is 67.1 Å². The standard InChI is InChI=1S/C23H22F3N3O2/c24-23(25,26)19-8-17(16-4-3-6-27-11-16)9-21(10-19)31-15-20(30)14-29-12-18(13-29)22-5-1-2-7-28-22/h1-11,18,20,30H,12-15H2. The van der Waals surface area contributed by atoms with Gasteiger partial charge in [-0.1, -0.05) is 12.1 Å². The van der Waals surface area contributed by atoms with Crippen molar-refractivity contribution in [2.75, 3.05) is 26.2 Å². The van der Waals surface area contributed by atoms with Crippen LogP contribution in [0.25, 0.3) is 11.1 Å². The molecule has 0 radical (unpaired) electrons. The molecule has 31 heavy (non-hydrogen) atoms. The van der Waals surface area contributed by atoms with Gasteiger partial charge in [-0.25, -0.2) is 0 Å². The minimum absolute atomic E-state index is 0.0581. The lowest BCUT2D eigenvalue weighted by Gasteiger charge is -2.39. The molecule has 1 aliphatic rings. The van der Waals surface area contributed by atoms with E-state index in [-0.39, 0.29) is 12.4 Å². The van der Waals surface area contributed by atoms with Crippen LogP contribution < -0.4 is 4.74 Å². The SMILES string of the molecule is OC(COc1cc(-c2cccnc2)cc(C(F)(F)F)c1)CN1CC(c2ccccn2)C1. The summed E-state index contributed by atoms with van der Waals surface area (Å²) in [5.74, 6) is 0.391. The number of halogens is 3. The molecule has 1 fully saturated rings. The molecule has 1 N–H and O–H groups in total. The second-order valence-electron chi connectivity index (χ2n) is 7.62. The molecule has 1 saturated heterocycles. The number of hydrogen-bond donors (Lipinski definition) is 1. The Morgan fingerprint density at radius 3 is 2.58 bits per heavy atom. The zero-order chi connectivity index (χ0) is 21.8.